The molecule has 0 aliphatic rings. The van der Waals surface area contributed by atoms with Crippen LogP contribution in [0.1, 0.15) is 58.8 Å². The number of carbonyl (C=O) groups is 1. The molecule has 0 radical (unpaired) electrons. The van der Waals surface area contributed by atoms with Crippen molar-refractivity contribution in [3.8, 4) is 0 Å². The third-order valence-electron chi connectivity index (χ3n) is 3.13. The fourth-order valence-corrected chi connectivity index (χ4v) is 1.79. The van der Waals surface area contributed by atoms with Crippen LogP contribution in [0.15, 0.2) is 0 Å². The van der Waals surface area contributed by atoms with E-state index in [1.807, 2.05) is 0 Å². The van der Waals surface area contributed by atoms with E-state index in [1.165, 1.54) is 32.1 Å². The number of carboxylic acids is 1. The number of aliphatic carboxylic acids is 1. The third kappa shape index (κ3) is 8.72. The first kappa shape index (κ1) is 15.4. The predicted molar refractivity (Wildman–Crippen MR) is 67.7 cm³/mol. The summed E-state index contributed by atoms with van der Waals surface area (Å²) in [5.74, 6) is -0.691. The lowest BCUT2D eigenvalue weighted by atomic mass is 10.1. The van der Waals surface area contributed by atoms with Gasteiger partial charge in [-0.25, -0.2) is 0 Å². The second-order valence-electron chi connectivity index (χ2n) is 4.68. The monoisotopic (exact) mass is 229 g/mol. The van der Waals surface area contributed by atoms with Gasteiger partial charge in [-0.2, -0.15) is 0 Å². The van der Waals surface area contributed by atoms with Crippen molar-refractivity contribution in [1.29, 1.82) is 0 Å². The Morgan fingerprint density at radius 1 is 1.25 bits per heavy atom. The molecule has 0 aromatic heterocycles. The smallest absolute Gasteiger partial charge is 0.303 e. The molecule has 0 aliphatic carbocycles. The first-order valence-electron chi connectivity index (χ1n) is 6.50. The van der Waals surface area contributed by atoms with Crippen LogP contribution < -0.4 is 0 Å². The zero-order valence-corrected chi connectivity index (χ0v) is 11.0. The lowest BCUT2D eigenvalue weighted by molar-refractivity contribution is -0.137. The molecular formula is C13H27NO2. The Morgan fingerprint density at radius 3 is 2.50 bits per heavy atom. The molecule has 0 heterocycles. The van der Waals surface area contributed by atoms with E-state index in [2.05, 4.69) is 25.8 Å². The van der Waals surface area contributed by atoms with E-state index in [0.717, 1.165) is 13.0 Å². The number of hydrogen-bond donors (Lipinski definition) is 1. The summed E-state index contributed by atoms with van der Waals surface area (Å²) in [5.41, 5.74) is 0. The Bertz CT molecular complexity index is 183. The Morgan fingerprint density at radius 2 is 1.94 bits per heavy atom. The van der Waals surface area contributed by atoms with E-state index in [1.54, 1.807) is 0 Å². The van der Waals surface area contributed by atoms with Crippen molar-refractivity contribution in [2.75, 3.05) is 13.6 Å². The van der Waals surface area contributed by atoms with E-state index in [-0.39, 0.29) is 6.42 Å². The van der Waals surface area contributed by atoms with E-state index in [4.69, 9.17) is 5.11 Å². The summed E-state index contributed by atoms with van der Waals surface area (Å²) in [4.78, 5) is 12.6. The summed E-state index contributed by atoms with van der Waals surface area (Å²) in [5, 5.41) is 8.55. The van der Waals surface area contributed by atoms with Gasteiger partial charge in [-0.15, -0.1) is 0 Å². The molecule has 0 spiro atoms. The molecule has 0 aromatic rings. The summed E-state index contributed by atoms with van der Waals surface area (Å²) in [6, 6.07) is 0.575. The summed E-state index contributed by atoms with van der Waals surface area (Å²) in [7, 11) is 2.09. The molecule has 0 saturated heterocycles. The average Bonchev–Trinajstić information content (AvgIpc) is 2.23. The van der Waals surface area contributed by atoms with Crippen molar-refractivity contribution in [3.63, 3.8) is 0 Å². The van der Waals surface area contributed by atoms with Gasteiger partial charge in [-0.3, -0.25) is 4.79 Å². The van der Waals surface area contributed by atoms with Gasteiger partial charge in [-0.1, -0.05) is 32.6 Å². The number of rotatable bonds is 10. The van der Waals surface area contributed by atoms with Crippen molar-refractivity contribution in [1.82, 2.24) is 4.90 Å². The molecule has 0 bridgehead atoms. The summed E-state index contributed by atoms with van der Waals surface area (Å²) in [6.07, 6.45) is 7.49. The van der Waals surface area contributed by atoms with Crippen LogP contribution in [0, 0.1) is 0 Å². The van der Waals surface area contributed by atoms with Gasteiger partial charge in [0.25, 0.3) is 0 Å². The Labute approximate surface area is 99.8 Å². The molecular weight excluding hydrogens is 202 g/mol. The largest absolute Gasteiger partial charge is 0.481 e. The maximum absolute atomic E-state index is 10.4. The fourth-order valence-electron chi connectivity index (χ4n) is 1.79. The van der Waals surface area contributed by atoms with E-state index in [9.17, 15) is 4.79 Å². The van der Waals surface area contributed by atoms with Crippen molar-refractivity contribution >= 4 is 5.97 Å². The van der Waals surface area contributed by atoms with Gasteiger partial charge in [0.05, 0.1) is 0 Å². The number of hydrogen-bond acceptors (Lipinski definition) is 2. The van der Waals surface area contributed by atoms with Crippen LogP contribution >= 0.6 is 0 Å². The van der Waals surface area contributed by atoms with Gasteiger partial charge in [0.2, 0.25) is 0 Å². The molecule has 0 aliphatic heterocycles. The molecule has 1 unspecified atom stereocenters. The van der Waals surface area contributed by atoms with Crippen molar-refractivity contribution in [3.05, 3.63) is 0 Å². The molecule has 96 valence electrons. The average molecular weight is 229 g/mol. The molecule has 0 saturated carbocycles. The lowest BCUT2D eigenvalue weighted by Gasteiger charge is -2.24. The van der Waals surface area contributed by atoms with Gasteiger partial charge in [0.1, 0.15) is 0 Å². The van der Waals surface area contributed by atoms with Crippen molar-refractivity contribution in [2.45, 2.75) is 64.8 Å². The Balaban J connectivity index is 3.48. The van der Waals surface area contributed by atoms with Crippen LogP contribution in [-0.4, -0.2) is 35.6 Å². The Kier molecular flexibility index (Phi) is 9.30. The van der Waals surface area contributed by atoms with Crippen LogP contribution in [-0.2, 0) is 4.79 Å². The Hall–Kier alpha value is -0.570. The van der Waals surface area contributed by atoms with E-state index in [0.29, 0.717) is 6.04 Å². The zero-order valence-electron chi connectivity index (χ0n) is 11.0. The highest BCUT2D eigenvalue weighted by atomic mass is 16.4. The van der Waals surface area contributed by atoms with Crippen molar-refractivity contribution < 1.29 is 9.90 Å². The molecule has 0 amide bonds. The van der Waals surface area contributed by atoms with Crippen LogP contribution in [0.2, 0.25) is 0 Å². The number of carboxylic acid groups (broad SMARTS) is 1. The summed E-state index contributed by atoms with van der Waals surface area (Å²) >= 11 is 0. The lowest BCUT2D eigenvalue weighted by Crippen LogP contribution is -2.30. The van der Waals surface area contributed by atoms with Gasteiger partial charge in [0, 0.05) is 12.5 Å². The van der Waals surface area contributed by atoms with E-state index >= 15 is 0 Å². The molecule has 3 heteroatoms. The van der Waals surface area contributed by atoms with Crippen LogP contribution in [0.5, 0.6) is 0 Å². The highest BCUT2D eigenvalue weighted by Crippen LogP contribution is 2.10. The van der Waals surface area contributed by atoms with Gasteiger partial charge < -0.3 is 10.0 Å². The summed E-state index contributed by atoms with van der Waals surface area (Å²) < 4.78 is 0. The quantitative estimate of drug-likeness (QED) is 0.585. The molecule has 16 heavy (non-hydrogen) atoms. The summed E-state index contributed by atoms with van der Waals surface area (Å²) in [6.45, 7) is 5.34. The highest BCUT2D eigenvalue weighted by molar-refractivity contribution is 5.66. The van der Waals surface area contributed by atoms with Gasteiger partial charge >= 0.3 is 5.97 Å². The highest BCUT2D eigenvalue weighted by Gasteiger charge is 2.08. The van der Waals surface area contributed by atoms with E-state index < -0.39 is 5.97 Å². The minimum Gasteiger partial charge on any atom is -0.481 e. The predicted octanol–water partition coefficient (Wildman–Crippen LogP) is 3.14. The van der Waals surface area contributed by atoms with Gasteiger partial charge in [-0.05, 0) is 33.4 Å². The molecule has 1 N–H and O–H groups in total. The normalized spacial score (nSPS) is 13.0. The second-order valence-corrected chi connectivity index (χ2v) is 4.68. The fraction of sp³-hybridized carbons (Fsp3) is 0.923. The van der Waals surface area contributed by atoms with Crippen LogP contribution in [0.25, 0.3) is 0 Å². The SMILES string of the molecule is CCCCCCC(C)N(C)CCCC(=O)O. The minimum absolute atomic E-state index is 0.285. The third-order valence-corrected chi connectivity index (χ3v) is 3.13. The van der Waals surface area contributed by atoms with Crippen molar-refractivity contribution in [2.24, 2.45) is 0 Å². The van der Waals surface area contributed by atoms with Crippen LogP contribution in [0.4, 0.5) is 0 Å². The standard InChI is InChI=1S/C13H27NO2/c1-4-5-6-7-9-12(2)14(3)11-8-10-13(15)16/h12H,4-11H2,1-3H3,(H,15,16). The molecule has 0 fully saturated rings. The zero-order chi connectivity index (χ0) is 12.4. The molecule has 1 atom stereocenters. The first-order valence-corrected chi connectivity index (χ1v) is 6.50. The maximum atomic E-state index is 10.4. The van der Waals surface area contributed by atoms with Gasteiger partial charge in [0.15, 0.2) is 0 Å². The minimum atomic E-state index is -0.691. The molecule has 0 aromatic carbocycles. The van der Waals surface area contributed by atoms with Crippen LogP contribution in [0.3, 0.4) is 0 Å². The number of unbranched alkanes of at least 4 members (excludes halogenated alkanes) is 3. The number of nitrogens with zero attached hydrogens (tertiary/aromatic N) is 1. The molecule has 0 rings (SSSR count). The molecule has 3 nitrogen and oxygen atoms in total. The topological polar surface area (TPSA) is 40.5 Å². The maximum Gasteiger partial charge on any atom is 0.303 e. The first-order chi connectivity index (χ1) is 7.57. The second kappa shape index (κ2) is 9.64.